The largest absolute Gasteiger partial charge is 0.459 e. The molecular formula is C15H11FNOS2+. The van der Waals surface area contributed by atoms with Gasteiger partial charge in [0.15, 0.2) is 11.4 Å². The van der Waals surface area contributed by atoms with Crippen molar-refractivity contribution in [1.29, 1.82) is 0 Å². The molecule has 1 aliphatic rings. The van der Waals surface area contributed by atoms with E-state index in [1.807, 2.05) is 10.6 Å². The molecule has 0 spiro atoms. The van der Waals surface area contributed by atoms with Crippen LogP contribution in [0.25, 0.3) is 20.3 Å². The number of thiazole rings is 1. The molecule has 0 amide bonds. The first-order chi connectivity index (χ1) is 9.74. The summed E-state index contributed by atoms with van der Waals surface area (Å²) in [5.74, 6) is -0.0373. The van der Waals surface area contributed by atoms with Crippen LogP contribution in [0.2, 0.25) is 0 Å². The Morgan fingerprint density at radius 2 is 2.10 bits per heavy atom. The Morgan fingerprint density at radius 1 is 1.20 bits per heavy atom. The van der Waals surface area contributed by atoms with Gasteiger partial charge >= 0.3 is 5.88 Å². The molecule has 4 rings (SSSR count). The molecule has 1 N–H and O–H groups in total. The number of aryl methyl sites for hydroxylation is 1. The molecular weight excluding hydrogens is 293 g/mol. The van der Waals surface area contributed by atoms with Gasteiger partial charge in [-0.15, -0.1) is 15.9 Å². The molecule has 0 fully saturated rings. The second kappa shape index (κ2) is 4.40. The summed E-state index contributed by atoms with van der Waals surface area (Å²) in [7, 11) is 0. The third-order valence-corrected chi connectivity index (χ3v) is 5.87. The number of thiophene rings is 1. The van der Waals surface area contributed by atoms with Crippen LogP contribution < -0.4 is 4.57 Å². The summed E-state index contributed by atoms with van der Waals surface area (Å²) in [6.45, 7) is 0.775. The van der Waals surface area contributed by atoms with Crippen molar-refractivity contribution in [3.63, 3.8) is 0 Å². The van der Waals surface area contributed by atoms with Gasteiger partial charge in [-0.05, 0) is 29.1 Å². The van der Waals surface area contributed by atoms with Crippen LogP contribution in [0.3, 0.4) is 0 Å². The molecule has 1 aliphatic heterocycles. The van der Waals surface area contributed by atoms with Crippen molar-refractivity contribution in [3.05, 3.63) is 47.1 Å². The molecule has 1 aromatic carbocycles. The monoisotopic (exact) mass is 304 g/mol. The number of hydrogen-bond donors (Lipinski definition) is 1. The maximum atomic E-state index is 13.4. The lowest BCUT2D eigenvalue weighted by Gasteiger charge is -2.05. The van der Waals surface area contributed by atoms with E-state index in [-0.39, 0.29) is 11.7 Å². The van der Waals surface area contributed by atoms with Gasteiger partial charge in [0.2, 0.25) is 0 Å². The fourth-order valence-corrected chi connectivity index (χ4v) is 4.88. The van der Waals surface area contributed by atoms with Crippen LogP contribution in [0.15, 0.2) is 35.7 Å². The van der Waals surface area contributed by atoms with E-state index in [2.05, 4.69) is 11.4 Å². The van der Waals surface area contributed by atoms with Gasteiger partial charge in [0.05, 0.1) is 0 Å². The summed E-state index contributed by atoms with van der Waals surface area (Å²) in [4.78, 5) is 1.96. The van der Waals surface area contributed by atoms with Crippen LogP contribution in [0.4, 0.5) is 4.39 Å². The summed E-state index contributed by atoms with van der Waals surface area (Å²) < 4.78 is 15.3. The summed E-state index contributed by atoms with van der Waals surface area (Å²) in [6, 6.07) is 8.52. The van der Waals surface area contributed by atoms with Crippen LogP contribution in [-0.2, 0) is 13.0 Å². The molecule has 2 aromatic heterocycles. The van der Waals surface area contributed by atoms with Crippen LogP contribution >= 0.6 is 22.7 Å². The van der Waals surface area contributed by atoms with Gasteiger partial charge in [0, 0.05) is 12.0 Å². The van der Waals surface area contributed by atoms with E-state index in [0.29, 0.717) is 0 Å². The lowest BCUT2D eigenvalue weighted by molar-refractivity contribution is -0.688. The highest BCUT2D eigenvalue weighted by atomic mass is 32.1. The Bertz CT molecular complexity index is 806. The van der Waals surface area contributed by atoms with Crippen LogP contribution in [0.5, 0.6) is 5.88 Å². The highest BCUT2D eigenvalue weighted by molar-refractivity contribution is 7.22. The standard InChI is InChI=1S/C15H10FNOS2/c16-11-3-1-2-10(8-11)12-14(18)17-6-4-9-5-7-19-13(9)15(17)20-12/h1-3,5,7-8H,4,6H2/p+1. The van der Waals surface area contributed by atoms with Crippen molar-refractivity contribution in [3.8, 4) is 26.2 Å². The minimum Gasteiger partial charge on any atom is -0.459 e. The number of halogens is 1. The molecule has 100 valence electrons. The lowest BCUT2D eigenvalue weighted by Crippen LogP contribution is -2.37. The van der Waals surface area contributed by atoms with Gasteiger partial charge < -0.3 is 5.11 Å². The van der Waals surface area contributed by atoms with Gasteiger partial charge in [0.25, 0.3) is 5.01 Å². The molecule has 0 radical (unpaired) electrons. The predicted molar refractivity (Wildman–Crippen MR) is 78.6 cm³/mol. The van der Waals surface area contributed by atoms with E-state index in [4.69, 9.17) is 0 Å². The minimum atomic E-state index is -0.282. The van der Waals surface area contributed by atoms with Crippen molar-refractivity contribution >= 4 is 22.7 Å². The van der Waals surface area contributed by atoms with Gasteiger partial charge in [-0.1, -0.05) is 23.5 Å². The van der Waals surface area contributed by atoms with Crippen molar-refractivity contribution in [2.24, 2.45) is 0 Å². The minimum absolute atomic E-state index is 0.245. The van der Waals surface area contributed by atoms with Crippen molar-refractivity contribution in [2.45, 2.75) is 13.0 Å². The first-order valence-corrected chi connectivity index (χ1v) is 8.02. The average molecular weight is 304 g/mol. The summed E-state index contributed by atoms with van der Waals surface area (Å²) in [5.41, 5.74) is 2.06. The molecule has 0 saturated heterocycles. The molecule has 3 heterocycles. The Hall–Kier alpha value is -1.72. The van der Waals surface area contributed by atoms with Gasteiger partial charge in [-0.2, -0.15) is 0 Å². The van der Waals surface area contributed by atoms with E-state index in [1.54, 1.807) is 17.4 Å². The number of benzene rings is 1. The molecule has 0 bridgehead atoms. The first kappa shape index (κ1) is 12.1. The zero-order valence-electron chi connectivity index (χ0n) is 10.5. The first-order valence-electron chi connectivity index (χ1n) is 6.32. The maximum Gasteiger partial charge on any atom is 0.385 e. The SMILES string of the molecule is Oc1c(-c2cccc(F)c2)sc2[n+]1CCc1ccsc1-2. The number of hydrogen-bond acceptors (Lipinski definition) is 3. The van der Waals surface area contributed by atoms with Gasteiger partial charge in [-0.25, -0.2) is 4.39 Å². The Labute approximate surface area is 123 Å². The van der Waals surface area contributed by atoms with Crippen LogP contribution in [0, 0.1) is 5.82 Å². The van der Waals surface area contributed by atoms with Crippen LogP contribution in [-0.4, -0.2) is 5.11 Å². The Morgan fingerprint density at radius 3 is 2.95 bits per heavy atom. The van der Waals surface area contributed by atoms with Crippen molar-refractivity contribution in [2.75, 3.05) is 0 Å². The third kappa shape index (κ3) is 1.70. The Kier molecular flexibility index (Phi) is 2.65. The fourth-order valence-electron chi connectivity index (χ4n) is 2.56. The quantitative estimate of drug-likeness (QED) is 0.679. The summed E-state index contributed by atoms with van der Waals surface area (Å²) >= 11 is 3.22. The van der Waals surface area contributed by atoms with E-state index in [1.165, 1.54) is 33.9 Å². The normalized spacial score (nSPS) is 13.1. The topological polar surface area (TPSA) is 24.1 Å². The number of aromatic nitrogens is 1. The third-order valence-electron chi connectivity index (χ3n) is 3.54. The zero-order valence-corrected chi connectivity index (χ0v) is 12.1. The Balaban J connectivity index is 1.93. The van der Waals surface area contributed by atoms with Gasteiger partial charge in [-0.3, -0.25) is 0 Å². The van der Waals surface area contributed by atoms with E-state index in [0.717, 1.165) is 28.4 Å². The van der Waals surface area contributed by atoms with Crippen LogP contribution in [0.1, 0.15) is 5.56 Å². The highest BCUT2D eigenvalue weighted by Gasteiger charge is 2.33. The molecule has 2 nitrogen and oxygen atoms in total. The zero-order chi connectivity index (χ0) is 13.7. The van der Waals surface area contributed by atoms with Gasteiger partial charge in [0.1, 0.15) is 10.7 Å². The predicted octanol–water partition coefficient (Wildman–Crippen LogP) is 3.83. The molecule has 0 saturated carbocycles. The van der Waals surface area contributed by atoms with E-state index in [9.17, 15) is 9.50 Å². The number of fused-ring (bicyclic) bond motifs is 3. The second-order valence-corrected chi connectivity index (χ2v) is 6.66. The number of nitrogens with zero attached hydrogens (tertiary/aromatic N) is 1. The van der Waals surface area contributed by atoms with E-state index >= 15 is 0 Å². The number of rotatable bonds is 1. The molecule has 0 atom stereocenters. The summed E-state index contributed by atoms with van der Waals surface area (Å²) in [6.07, 6.45) is 0.934. The average Bonchev–Trinajstić information content (AvgIpc) is 3.03. The molecule has 3 aromatic rings. The molecule has 5 heteroatoms. The van der Waals surface area contributed by atoms with Crippen molar-refractivity contribution in [1.82, 2.24) is 0 Å². The van der Waals surface area contributed by atoms with Crippen molar-refractivity contribution < 1.29 is 14.1 Å². The highest BCUT2D eigenvalue weighted by Crippen LogP contribution is 2.42. The molecule has 0 unspecified atom stereocenters. The summed E-state index contributed by atoms with van der Waals surface area (Å²) in [5, 5.41) is 13.6. The molecule has 20 heavy (non-hydrogen) atoms. The second-order valence-electron chi connectivity index (χ2n) is 4.75. The number of aromatic hydroxyl groups is 1. The fraction of sp³-hybridized carbons (Fsp3) is 0.133. The maximum absolute atomic E-state index is 13.4. The molecule has 0 aliphatic carbocycles. The lowest BCUT2D eigenvalue weighted by atomic mass is 10.1. The van der Waals surface area contributed by atoms with E-state index < -0.39 is 0 Å². The smallest absolute Gasteiger partial charge is 0.385 e.